The van der Waals surface area contributed by atoms with Gasteiger partial charge < -0.3 is 10.2 Å². The first kappa shape index (κ1) is 17.0. The van der Waals surface area contributed by atoms with Crippen LogP contribution in [-0.4, -0.2) is 61.6 Å². The fraction of sp³-hybridized carbons (Fsp3) is 0.556. The number of piperidine rings is 1. The SMILES string of the molecule is CN1CCCCC1C(=O)N1CCn2nc(CNc3cnccn3)cc2C1. The number of nitrogens with zero attached hydrogens (tertiary/aromatic N) is 6. The summed E-state index contributed by atoms with van der Waals surface area (Å²) in [6, 6.07) is 2.11. The van der Waals surface area contributed by atoms with Gasteiger partial charge in [-0.05, 0) is 32.5 Å². The Balaban J connectivity index is 1.39. The lowest BCUT2D eigenvalue weighted by Crippen LogP contribution is -2.51. The zero-order valence-corrected chi connectivity index (χ0v) is 15.1. The van der Waals surface area contributed by atoms with Gasteiger partial charge in [-0.15, -0.1) is 0 Å². The number of rotatable bonds is 4. The van der Waals surface area contributed by atoms with Crippen molar-refractivity contribution in [3.63, 3.8) is 0 Å². The molecule has 0 spiro atoms. The van der Waals surface area contributed by atoms with E-state index in [2.05, 4.69) is 38.4 Å². The first-order chi connectivity index (χ1) is 12.7. The highest BCUT2D eigenvalue weighted by molar-refractivity contribution is 5.82. The molecule has 26 heavy (non-hydrogen) atoms. The van der Waals surface area contributed by atoms with Gasteiger partial charge >= 0.3 is 0 Å². The molecule has 4 rings (SSSR count). The second kappa shape index (κ2) is 7.41. The summed E-state index contributed by atoms with van der Waals surface area (Å²) in [6.07, 6.45) is 8.30. The monoisotopic (exact) mass is 355 g/mol. The normalized spacial score (nSPS) is 20.7. The third-order valence-corrected chi connectivity index (χ3v) is 5.23. The predicted octanol–water partition coefficient (Wildman–Crippen LogP) is 1.11. The van der Waals surface area contributed by atoms with Crippen LogP contribution in [0.4, 0.5) is 5.82 Å². The van der Waals surface area contributed by atoms with Crippen LogP contribution in [0.1, 0.15) is 30.7 Å². The second-order valence-corrected chi connectivity index (χ2v) is 7.05. The maximum absolute atomic E-state index is 12.9. The van der Waals surface area contributed by atoms with Crippen LogP contribution < -0.4 is 5.32 Å². The standard InChI is InChI=1S/C18H25N7O/c1-23-7-3-2-4-16(23)18(26)24-8-9-25-15(13-24)10-14(22-25)11-21-17-12-19-5-6-20-17/h5-6,10,12,16H,2-4,7-9,11,13H2,1H3,(H,20,21). The summed E-state index contributed by atoms with van der Waals surface area (Å²) in [4.78, 5) is 25.4. The molecular weight excluding hydrogens is 330 g/mol. The van der Waals surface area contributed by atoms with Crippen molar-refractivity contribution in [2.24, 2.45) is 0 Å². The zero-order valence-electron chi connectivity index (χ0n) is 15.1. The fourth-order valence-corrected chi connectivity index (χ4v) is 3.77. The van der Waals surface area contributed by atoms with Crippen LogP contribution in [0.25, 0.3) is 0 Å². The average Bonchev–Trinajstić information content (AvgIpc) is 3.09. The summed E-state index contributed by atoms with van der Waals surface area (Å²) in [5.41, 5.74) is 2.05. The molecular formula is C18H25N7O. The summed E-state index contributed by atoms with van der Waals surface area (Å²) < 4.78 is 2.02. The van der Waals surface area contributed by atoms with E-state index < -0.39 is 0 Å². The van der Waals surface area contributed by atoms with E-state index in [1.165, 1.54) is 6.42 Å². The van der Waals surface area contributed by atoms with Gasteiger partial charge in [0.15, 0.2) is 0 Å². The number of likely N-dealkylation sites (N-methyl/N-ethyl adjacent to an activating group) is 1. The number of anilines is 1. The number of likely N-dealkylation sites (tertiary alicyclic amines) is 1. The van der Waals surface area contributed by atoms with Crippen molar-refractivity contribution in [2.45, 2.75) is 44.9 Å². The summed E-state index contributed by atoms with van der Waals surface area (Å²) >= 11 is 0. The first-order valence-corrected chi connectivity index (χ1v) is 9.25. The van der Waals surface area contributed by atoms with E-state index in [4.69, 9.17) is 0 Å². The molecule has 1 amide bonds. The second-order valence-electron chi connectivity index (χ2n) is 7.05. The lowest BCUT2D eigenvalue weighted by atomic mass is 10.0. The highest BCUT2D eigenvalue weighted by Gasteiger charge is 2.31. The Hall–Kier alpha value is -2.48. The number of amides is 1. The van der Waals surface area contributed by atoms with Gasteiger partial charge in [0.05, 0.1) is 43.3 Å². The van der Waals surface area contributed by atoms with E-state index in [9.17, 15) is 4.79 Å². The number of hydrogen-bond acceptors (Lipinski definition) is 6. The third kappa shape index (κ3) is 3.55. The number of nitrogens with one attached hydrogen (secondary N) is 1. The highest BCUT2D eigenvalue weighted by Crippen LogP contribution is 2.21. The summed E-state index contributed by atoms with van der Waals surface area (Å²) in [5.74, 6) is 0.995. The molecule has 1 atom stereocenters. The lowest BCUT2D eigenvalue weighted by Gasteiger charge is -2.36. The molecule has 1 saturated heterocycles. The molecule has 1 unspecified atom stereocenters. The number of fused-ring (bicyclic) bond motifs is 1. The Morgan fingerprint density at radius 2 is 2.19 bits per heavy atom. The number of carbonyl (C=O) groups is 1. The quantitative estimate of drug-likeness (QED) is 0.885. The first-order valence-electron chi connectivity index (χ1n) is 9.25. The van der Waals surface area contributed by atoms with Crippen LogP contribution in [0, 0.1) is 0 Å². The minimum absolute atomic E-state index is 0.0380. The molecule has 4 heterocycles. The van der Waals surface area contributed by atoms with Crippen molar-refractivity contribution in [1.82, 2.24) is 29.5 Å². The molecule has 8 nitrogen and oxygen atoms in total. The molecule has 2 aromatic rings. The fourth-order valence-electron chi connectivity index (χ4n) is 3.77. The molecule has 2 aromatic heterocycles. The molecule has 2 aliphatic rings. The van der Waals surface area contributed by atoms with Crippen LogP contribution in [-0.2, 0) is 24.4 Å². The Morgan fingerprint density at radius 1 is 1.27 bits per heavy atom. The van der Waals surface area contributed by atoms with Crippen molar-refractivity contribution in [3.8, 4) is 0 Å². The molecule has 8 heteroatoms. The Kier molecular flexibility index (Phi) is 4.83. The van der Waals surface area contributed by atoms with Crippen LogP contribution in [0.3, 0.4) is 0 Å². The predicted molar refractivity (Wildman–Crippen MR) is 97.3 cm³/mol. The largest absolute Gasteiger partial charge is 0.363 e. The summed E-state index contributed by atoms with van der Waals surface area (Å²) in [6.45, 7) is 3.73. The van der Waals surface area contributed by atoms with Gasteiger partial charge in [-0.2, -0.15) is 5.10 Å². The molecule has 0 saturated carbocycles. The molecule has 138 valence electrons. The topological polar surface area (TPSA) is 79.2 Å². The molecule has 1 N–H and O–H groups in total. The number of aromatic nitrogens is 4. The van der Waals surface area contributed by atoms with Crippen LogP contribution >= 0.6 is 0 Å². The molecule has 0 aliphatic carbocycles. The maximum Gasteiger partial charge on any atom is 0.240 e. The summed E-state index contributed by atoms with van der Waals surface area (Å²) in [7, 11) is 2.06. The van der Waals surface area contributed by atoms with Crippen molar-refractivity contribution >= 4 is 11.7 Å². The molecule has 2 aliphatic heterocycles. The van der Waals surface area contributed by atoms with E-state index in [1.54, 1.807) is 18.6 Å². The lowest BCUT2D eigenvalue weighted by molar-refractivity contribution is -0.139. The van der Waals surface area contributed by atoms with Gasteiger partial charge in [-0.3, -0.25) is 19.4 Å². The van der Waals surface area contributed by atoms with Gasteiger partial charge in [-0.1, -0.05) is 6.42 Å². The van der Waals surface area contributed by atoms with Crippen LogP contribution in [0.15, 0.2) is 24.7 Å². The van der Waals surface area contributed by atoms with Crippen molar-refractivity contribution < 1.29 is 4.79 Å². The maximum atomic E-state index is 12.9. The number of hydrogen-bond donors (Lipinski definition) is 1. The van der Waals surface area contributed by atoms with Gasteiger partial charge in [0.25, 0.3) is 0 Å². The van der Waals surface area contributed by atoms with Gasteiger partial charge in [0.1, 0.15) is 5.82 Å². The van der Waals surface area contributed by atoms with Gasteiger partial charge in [0.2, 0.25) is 5.91 Å². The van der Waals surface area contributed by atoms with E-state index in [0.29, 0.717) is 13.1 Å². The Labute approximate surface area is 153 Å². The average molecular weight is 355 g/mol. The van der Waals surface area contributed by atoms with Crippen molar-refractivity contribution in [3.05, 3.63) is 36.0 Å². The highest BCUT2D eigenvalue weighted by atomic mass is 16.2. The third-order valence-electron chi connectivity index (χ3n) is 5.23. The van der Waals surface area contributed by atoms with Gasteiger partial charge in [-0.25, -0.2) is 4.98 Å². The van der Waals surface area contributed by atoms with Crippen LogP contribution in [0.5, 0.6) is 0 Å². The van der Waals surface area contributed by atoms with Crippen molar-refractivity contribution in [1.29, 1.82) is 0 Å². The van der Waals surface area contributed by atoms with Gasteiger partial charge in [0, 0.05) is 18.9 Å². The zero-order chi connectivity index (χ0) is 17.9. The summed E-state index contributed by atoms with van der Waals surface area (Å²) in [5, 5.41) is 7.87. The van der Waals surface area contributed by atoms with E-state index in [-0.39, 0.29) is 11.9 Å². The molecule has 0 aromatic carbocycles. The van der Waals surface area contributed by atoms with E-state index in [1.807, 2.05) is 9.58 Å². The minimum atomic E-state index is 0.0380. The Morgan fingerprint density at radius 3 is 3.00 bits per heavy atom. The van der Waals surface area contributed by atoms with Crippen molar-refractivity contribution in [2.75, 3.05) is 25.5 Å². The minimum Gasteiger partial charge on any atom is -0.363 e. The molecule has 1 fully saturated rings. The van der Waals surface area contributed by atoms with E-state index >= 15 is 0 Å². The van der Waals surface area contributed by atoms with E-state index in [0.717, 1.165) is 49.7 Å². The van der Waals surface area contributed by atoms with Crippen LogP contribution in [0.2, 0.25) is 0 Å². The molecule has 0 radical (unpaired) electrons. The smallest absolute Gasteiger partial charge is 0.240 e. The molecule has 0 bridgehead atoms. The number of carbonyl (C=O) groups excluding carboxylic acids is 1. The Bertz CT molecular complexity index is 760.